The molecule has 5 nitrogen and oxygen atoms in total. The van der Waals surface area contributed by atoms with E-state index in [0.717, 1.165) is 21.2 Å². The van der Waals surface area contributed by atoms with E-state index in [1.54, 1.807) is 4.90 Å². The monoisotopic (exact) mass is 550 g/mol. The second-order valence-electron chi connectivity index (χ2n) is 9.78. The van der Waals surface area contributed by atoms with Crippen molar-refractivity contribution in [1.29, 1.82) is 0 Å². The van der Waals surface area contributed by atoms with E-state index in [2.05, 4.69) is 42.0 Å². The van der Waals surface area contributed by atoms with Gasteiger partial charge in [0, 0.05) is 24.0 Å². The van der Waals surface area contributed by atoms with Crippen molar-refractivity contribution < 1.29 is 14.3 Å². The minimum absolute atomic E-state index is 0.131. The van der Waals surface area contributed by atoms with E-state index in [-0.39, 0.29) is 23.8 Å². The minimum Gasteiger partial charge on any atom is -0.483 e. The molecule has 6 heteroatoms. The van der Waals surface area contributed by atoms with Crippen molar-refractivity contribution in [2.45, 2.75) is 52.1 Å². The first kappa shape index (κ1) is 27.5. The third kappa shape index (κ3) is 7.69. The van der Waals surface area contributed by atoms with Gasteiger partial charge in [0.1, 0.15) is 11.8 Å². The lowest BCUT2D eigenvalue weighted by atomic mass is 9.86. The quantitative estimate of drug-likeness (QED) is 0.341. The number of nitrogens with zero attached hydrogens (tertiary/aromatic N) is 1. The van der Waals surface area contributed by atoms with Gasteiger partial charge in [0.05, 0.1) is 0 Å². The van der Waals surface area contributed by atoms with E-state index < -0.39 is 6.04 Å². The Kier molecular flexibility index (Phi) is 9.71. The summed E-state index contributed by atoms with van der Waals surface area (Å²) < 4.78 is 7.03. The summed E-state index contributed by atoms with van der Waals surface area (Å²) in [4.78, 5) is 28.6. The average Bonchev–Trinajstić information content (AvgIpc) is 2.86. The zero-order chi connectivity index (χ0) is 26.1. The lowest BCUT2D eigenvalue weighted by Gasteiger charge is -2.31. The molecular formula is C30H35BrN2O3. The fraction of sp³-hybridized carbons (Fsp3) is 0.333. The first-order valence-electron chi connectivity index (χ1n) is 12.3. The van der Waals surface area contributed by atoms with E-state index >= 15 is 0 Å². The van der Waals surface area contributed by atoms with Crippen LogP contribution in [0.5, 0.6) is 5.75 Å². The Hall–Kier alpha value is -3.12. The number of carbonyl (C=O) groups is 2. The van der Waals surface area contributed by atoms with Crippen LogP contribution in [-0.4, -0.2) is 35.9 Å². The third-order valence-electron chi connectivity index (χ3n) is 5.93. The summed E-state index contributed by atoms with van der Waals surface area (Å²) in [6.45, 7) is 8.84. The molecule has 0 fully saturated rings. The maximum Gasteiger partial charge on any atom is 0.261 e. The molecule has 0 aliphatic rings. The molecule has 2 amide bonds. The minimum atomic E-state index is -0.676. The molecule has 0 unspecified atom stereocenters. The van der Waals surface area contributed by atoms with Crippen LogP contribution >= 0.6 is 15.9 Å². The van der Waals surface area contributed by atoms with Crippen LogP contribution in [0.25, 0.3) is 0 Å². The normalized spacial score (nSPS) is 12.0. The summed E-state index contributed by atoms with van der Waals surface area (Å²) in [5.74, 6) is 0.260. The predicted molar refractivity (Wildman–Crippen MR) is 148 cm³/mol. The average molecular weight is 552 g/mol. The van der Waals surface area contributed by atoms with Gasteiger partial charge < -0.3 is 15.0 Å². The molecule has 3 rings (SSSR count). The Bertz CT molecular complexity index is 1140. The molecule has 0 bridgehead atoms. The molecule has 36 heavy (non-hydrogen) atoms. The number of hydrogen-bond donors (Lipinski definition) is 1. The fourth-order valence-electron chi connectivity index (χ4n) is 4.07. The molecular weight excluding hydrogens is 516 g/mol. The van der Waals surface area contributed by atoms with Crippen LogP contribution in [0.3, 0.4) is 0 Å². The van der Waals surface area contributed by atoms with Gasteiger partial charge >= 0.3 is 0 Å². The molecule has 0 heterocycles. The molecule has 190 valence electrons. The third-order valence-corrected chi connectivity index (χ3v) is 6.46. The topological polar surface area (TPSA) is 58.6 Å². The lowest BCUT2D eigenvalue weighted by Crippen LogP contribution is -2.51. The number of hydrogen-bond acceptors (Lipinski definition) is 3. The molecule has 0 aromatic heterocycles. The van der Waals surface area contributed by atoms with Crippen molar-refractivity contribution in [1.82, 2.24) is 10.2 Å². The number of rotatable bonds is 10. The van der Waals surface area contributed by atoms with E-state index in [1.165, 1.54) is 0 Å². The van der Waals surface area contributed by atoms with Gasteiger partial charge in [0.25, 0.3) is 5.91 Å². The lowest BCUT2D eigenvalue weighted by molar-refractivity contribution is -0.142. The van der Waals surface area contributed by atoms with Crippen molar-refractivity contribution in [2.24, 2.45) is 0 Å². The molecule has 0 saturated heterocycles. The zero-order valence-electron chi connectivity index (χ0n) is 21.5. The number of nitrogens with one attached hydrogen (secondary N) is 1. The number of halogens is 1. The van der Waals surface area contributed by atoms with Crippen molar-refractivity contribution in [3.63, 3.8) is 0 Å². The summed E-state index contributed by atoms with van der Waals surface area (Å²) >= 11 is 3.47. The second kappa shape index (κ2) is 12.7. The Morgan fingerprint density at radius 3 is 2.19 bits per heavy atom. The number of carbonyl (C=O) groups excluding carboxylic acids is 2. The number of benzene rings is 3. The van der Waals surface area contributed by atoms with E-state index in [9.17, 15) is 9.59 Å². The molecule has 1 N–H and O–H groups in total. The summed E-state index contributed by atoms with van der Waals surface area (Å²) in [6.07, 6.45) is 0.410. The van der Waals surface area contributed by atoms with Crippen LogP contribution in [-0.2, 0) is 28.0 Å². The first-order valence-corrected chi connectivity index (χ1v) is 13.1. The van der Waals surface area contributed by atoms with Crippen LogP contribution in [0.15, 0.2) is 83.3 Å². The van der Waals surface area contributed by atoms with Gasteiger partial charge in [-0.25, -0.2) is 0 Å². The summed E-state index contributed by atoms with van der Waals surface area (Å²) in [5.41, 5.74) is 2.82. The zero-order valence-corrected chi connectivity index (χ0v) is 23.0. The molecule has 3 aromatic carbocycles. The number of ether oxygens (including phenoxy) is 1. The fourth-order valence-corrected chi connectivity index (χ4v) is 4.33. The Morgan fingerprint density at radius 1 is 0.917 bits per heavy atom. The smallest absolute Gasteiger partial charge is 0.261 e. The summed E-state index contributed by atoms with van der Waals surface area (Å²) in [5, 5.41) is 2.92. The standard InChI is InChI=1S/C30H35BrN2O3/c1-5-32-29(35)26(19-22-11-7-6-8-12-22)33(20-23-15-17-24(31)18-16-23)28(34)21-36-27-14-10-9-13-25(27)30(2,3)4/h6-18,26H,5,19-21H2,1-4H3,(H,32,35)/t26-/m1/s1. The molecule has 0 aliphatic carbocycles. The van der Waals surface area contributed by atoms with Gasteiger partial charge in [-0.15, -0.1) is 0 Å². The van der Waals surface area contributed by atoms with Crippen molar-refractivity contribution in [3.05, 3.63) is 100 Å². The molecule has 0 aliphatic heterocycles. The largest absolute Gasteiger partial charge is 0.483 e. The summed E-state index contributed by atoms with van der Waals surface area (Å²) in [6, 6.07) is 24.7. The summed E-state index contributed by atoms with van der Waals surface area (Å²) in [7, 11) is 0. The maximum atomic E-state index is 13.7. The molecule has 0 radical (unpaired) electrons. The highest BCUT2D eigenvalue weighted by atomic mass is 79.9. The number of para-hydroxylation sites is 1. The Balaban J connectivity index is 1.91. The Labute approximate surface area is 223 Å². The molecule has 3 aromatic rings. The highest BCUT2D eigenvalue weighted by Gasteiger charge is 2.31. The molecule has 0 spiro atoms. The van der Waals surface area contributed by atoms with Crippen LogP contribution in [0.4, 0.5) is 0 Å². The van der Waals surface area contributed by atoms with Crippen LogP contribution in [0, 0.1) is 0 Å². The van der Waals surface area contributed by atoms with Gasteiger partial charge in [-0.05, 0) is 47.2 Å². The first-order chi connectivity index (χ1) is 17.2. The van der Waals surface area contributed by atoms with E-state index in [0.29, 0.717) is 25.3 Å². The SMILES string of the molecule is CCNC(=O)[C@@H](Cc1ccccc1)N(Cc1ccc(Br)cc1)C(=O)COc1ccccc1C(C)(C)C. The predicted octanol–water partition coefficient (Wildman–Crippen LogP) is 5.90. The highest BCUT2D eigenvalue weighted by Crippen LogP contribution is 2.31. The van der Waals surface area contributed by atoms with Crippen LogP contribution in [0.1, 0.15) is 44.4 Å². The van der Waals surface area contributed by atoms with Crippen LogP contribution < -0.4 is 10.1 Å². The van der Waals surface area contributed by atoms with Crippen LogP contribution in [0.2, 0.25) is 0 Å². The van der Waals surface area contributed by atoms with Crippen molar-refractivity contribution in [2.75, 3.05) is 13.2 Å². The Morgan fingerprint density at radius 2 is 1.56 bits per heavy atom. The molecule has 1 atom stereocenters. The highest BCUT2D eigenvalue weighted by molar-refractivity contribution is 9.10. The number of likely N-dealkylation sites (N-methyl/N-ethyl adjacent to an activating group) is 1. The van der Waals surface area contributed by atoms with E-state index in [4.69, 9.17) is 4.74 Å². The van der Waals surface area contributed by atoms with E-state index in [1.807, 2.05) is 85.8 Å². The van der Waals surface area contributed by atoms with Gasteiger partial charge in [-0.1, -0.05) is 97.4 Å². The van der Waals surface area contributed by atoms with Crippen molar-refractivity contribution in [3.8, 4) is 5.75 Å². The van der Waals surface area contributed by atoms with Crippen molar-refractivity contribution >= 4 is 27.7 Å². The van der Waals surface area contributed by atoms with Gasteiger partial charge in [-0.2, -0.15) is 0 Å². The molecule has 0 saturated carbocycles. The van der Waals surface area contributed by atoms with Gasteiger partial charge in [0.2, 0.25) is 5.91 Å². The second-order valence-corrected chi connectivity index (χ2v) is 10.7. The van der Waals surface area contributed by atoms with Gasteiger partial charge in [0.15, 0.2) is 6.61 Å². The number of amides is 2. The maximum absolute atomic E-state index is 13.7. The van der Waals surface area contributed by atoms with Gasteiger partial charge in [-0.3, -0.25) is 9.59 Å².